The van der Waals surface area contributed by atoms with Crippen molar-refractivity contribution in [2.24, 2.45) is 0 Å². The summed E-state index contributed by atoms with van der Waals surface area (Å²) in [5, 5.41) is 2.86. The van der Waals surface area contributed by atoms with Gasteiger partial charge in [-0.3, -0.25) is 9.59 Å². The second-order valence-electron chi connectivity index (χ2n) is 7.96. The number of ether oxygens (including phenoxy) is 3. The lowest BCUT2D eigenvalue weighted by Gasteiger charge is -2.26. The molecule has 2 aliphatic heterocycles. The van der Waals surface area contributed by atoms with Crippen LogP contribution in [0.5, 0.6) is 11.5 Å². The Balaban J connectivity index is 1.41. The summed E-state index contributed by atoms with van der Waals surface area (Å²) in [4.78, 5) is 27.0. The highest BCUT2D eigenvalue weighted by atomic mass is 32.2. The van der Waals surface area contributed by atoms with Gasteiger partial charge in [-0.05, 0) is 36.4 Å². The Labute approximate surface area is 198 Å². The summed E-state index contributed by atoms with van der Waals surface area (Å²) in [6.45, 7) is 1.64. The first kappa shape index (κ1) is 24.0. The standard InChI is InChI=1S/C23H27N3O7S/c1-31-20-8-5-18(14-21(20)32-2)26-15-17(13-22(26)27)24-23(28)16-3-6-19(7-4-16)34(29,30)25-9-11-33-12-10-25/h3-8,14,17H,9-13,15H2,1-2H3,(H,24,28)/t17-/m1/s1. The average molecular weight is 490 g/mol. The van der Waals surface area contributed by atoms with Crippen molar-refractivity contribution in [2.75, 3.05) is 52.0 Å². The maximum Gasteiger partial charge on any atom is 0.251 e. The smallest absolute Gasteiger partial charge is 0.251 e. The van der Waals surface area contributed by atoms with Crippen LogP contribution in [0.3, 0.4) is 0 Å². The Bertz CT molecular complexity index is 1160. The van der Waals surface area contributed by atoms with Crippen LogP contribution in [-0.4, -0.2) is 77.6 Å². The molecule has 0 bridgehead atoms. The number of sulfonamides is 1. The Morgan fingerprint density at radius 1 is 1.03 bits per heavy atom. The Kier molecular flexibility index (Phi) is 7.05. The maximum absolute atomic E-state index is 12.8. The zero-order valence-electron chi connectivity index (χ0n) is 19.0. The van der Waals surface area contributed by atoms with Crippen LogP contribution >= 0.6 is 0 Å². The van der Waals surface area contributed by atoms with Crippen LogP contribution in [-0.2, 0) is 19.6 Å². The zero-order valence-corrected chi connectivity index (χ0v) is 19.8. The second-order valence-corrected chi connectivity index (χ2v) is 9.90. The molecular weight excluding hydrogens is 462 g/mol. The minimum absolute atomic E-state index is 0.121. The summed E-state index contributed by atoms with van der Waals surface area (Å²) in [5.41, 5.74) is 0.968. The molecule has 2 aromatic carbocycles. The fourth-order valence-corrected chi connectivity index (χ4v) is 5.44. The quantitative estimate of drug-likeness (QED) is 0.623. The Morgan fingerprint density at radius 3 is 2.35 bits per heavy atom. The number of amides is 2. The van der Waals surface area contributed by atoms with Crippen molar-refractivity contribution in [3.8, 4) is 11.5 Å². The van der Waals surface area contributed by atoms with E-state index in [9.17, 15) is 18.0 Å². The third-order valence-electron chi connectivity index (χ3n) is 5.86. The number of benzene rings is 2. The largest absolute Gasteiger partial charge is 0.493 e. The molecule has 0 radical (unpaired) electrons. The molecule has 11 heteroatoms. The van der Waals surface area contributed by atoms with E-state index < -0.39 is 10.0 Å². The number of nitrogens with one attached hydrogen (secondary N) is 1. The number of methoxy groups -OCH3 is 2. The van der Waals surface area contributed by atoms with Crippen molar-refractivity contribution >= 4 is 27.5 Å². The van der Waals surface area contributed by atoms with Gasteiger partial charge in [0.15, 0.2) is 11.5 Å². The van der Waals surface area contributed by atoms with E-state index >= 15 is 0 Å². The lowest BCUT2D eigenvalue weighted by molar-refractivity contribution is -0.117. The van der Waals surface area contributed by atoms with Gasteiger partial charge in [0.25, 0.3) is 5.91 Å². The van der Waals surface area contributed by atoms with Crippen molar-refractivity contribution in [3.05, 3.63) is 48.0 Å². The predicted molar refractivity (Wildman–Crippen MR) is 124 cm³/mol. The van der Waals surface area contributed by atoms with Crippen molar-refractivity contribution < 1.29 is 32.2 Å². The van der Waals surface area contributed by atoms with E-state index in [1.165, 1.54) is 42.8 Å². The lowest BCUT2D eigenvalue weighted by atomic mass is 10.2. The highest BCUT2D eigenvalue weighted by Gasteiger charge is 2.32. The number of rotatable bonds is 7. The number of carbonyl (C=O) groups excluding carboxylic acids is 2. The molecule has 0 aromatic heterocycles. The van der Waals surface area contributed by atoms with Gasteiger partial charge in [-0.1, -0.05) is 0 Å². The van der Waals surface area contributed by atoms with Gasteiger partial charge in [-0.15, -0.1) is 0 Å². The zero-order chi connectivity index (χ0) is 24.3. The molecule has 0 spiro atoms. The fraction of sp³-hybridized carbons (Fsp3) is 0.391. The Morgan fingerprint density at radius 2 is 1.71 bits per heavy atom. The first-order valence-corrected chi connectivity index (χ1v) is 12.3. The van der Waals surface area contributed by atoms with Gasteiger partial charge < -0.3 is 24.4 Å². The molecule has 2 heterocycles. The molecule has 2 saturated heterocycles. The highest BCUT2D eigenvalue weighted by Crippen LogP contribution is 2.33. The van der Waals surface area contributed by atoms with E-state index in [0.717, 1.165) is 0 Å². The number of hydrogen-bond acceptors (Lipinski definition) is 7. The van der Waals surface area contributed by atoms with Crippen LogP contribution in [0.15, 0.2) is 47.4 Å². The molecule has 4 rings (SSSR count). The van der Waals surface area contributed by atoms with E-state index in [1.807, 2.05) is 0 Å². The Hall–Kier alpha value is -3.15. The van der Waals surface area contributed by atoms with Gasteiger partial charge in [-0.25, -0.2) is 8.42 Å². The predicted octanol–water partition coefficient (Wildman–Crippen LogP) is 1.26. The number of morpholine rings is 1. The summed E-state index contributed by atoms with van der Waals surface area (Å²) in [6.07, 6.45) is 0.156. The molecule has 1 atom stereocenters. The molecule has 2 aromatic rings. The summed E-state index contributed by atoms with van der Waals surface area (Å²) < 4.78 is 42.6. The van der Waals surface area contributed by atoms with Crippen LogP contribution in [0.1, 0.15) is 16.8 Å². The average Bonchev–Trinajstić information content (AvgIpc) is 3.23. The van der Waals surface area contributed by atoms with Crippen molar-refractivity contribution in [3.63, 3.8) is 0 Å². The van der Waals surface area contributed by atoms with Gasteiger partial charge >= 0.3 is 0 Å². The first-order chi connectivity index (χ1) is 16.3. The number of hydrogen-bond donors (Lipinski definition) is 1. The minimum Gasteiger partial charge on any atom is -0.493 e. The second kappa shape index (κ2) is 10.00. The molecule has 2 fully saturated rings. The molecule has 182 valence electrons. The van der Waals surface area contributed by atoms with E-state index in [0.29, 0.717) is 55.6 Å². The molecule has 0 aliphatic carbocycles. The molecule has 0 saturated carbocycles. The normalized spacial score (nSPS) is 19.2. The monoisotopic (exact) mass is 489 g/mol. The summed E-state index contributed by atoms with van der Waals surface area (Å²) in [7, 11) is -0.574. The number of carbonyl (C=O) groups is 2. The minimum atomic E-state index is -3.63. The fourth-order valence-electron chi connectivity index (χ4n) is 4.03. The van der Waals surface area contributed by atoms with Crippen LogP contribution in [0.4, 0.5) is 5.69 Å². The number of nitrogens with zero attached hydrogens (tertiary/aromatic N) is 2. The summed E-state index contributed by atoms with van der Waals surface area (Å²) in [5.74, 6) is 0.570. The van der Waals surface area contributed by atoms with Crippen LogP contribution in [0.25, 0.3) is 0 Å². The first-order valence-electron chi connectivity index (χ1n) is 10.8. The van der Waals surface area contributed by atoms with E-state index in [1.54, 1.807) is 23.1 Å². The van der Waals surface area contributed by atoms with Crippen molar-refractivity contribution in [1.29, 1.82) is 0 Å². The topological polar surface area (TPSA) is 114 Å². The van der Waals surface area contributed by atoms with E-state index in [-0.39, 0.29) is 29.2 Å². The third kappa shape index (κ3) is 4.86. The van der Waals surface area contributed by atoms with Crippen LogP contribution in [0.2, 0.25) is 0 Å². The molecular formula is C23H27N3O7S. The highest BCUT2D eigenvalue weighted by molar-refractivity contribution is 7.89. The SMILES string of the molecule is COc1ccc(N2C[C@H](NC(=O)c3ccc(S(=O)(=O)N4CCOCC4)cc3)CC2=O)cc1OC. The maximum atomic E-state index is 12.8. The van der Waals surface area contributed by atoms with Gasteiger partial charge in [0.2, 0.25) is 15.9 Å². The van der Waals surface area contributed by atoms with Gasteiger partial charge in [0.1, 0.15) is 0 Å². The third-order valence-corrected chi connectivity index (χ3v) is 7.78. The molecule has 34 heavy (non-hydrogen) atoms. The summed E-state index contributed by atoms with van der Waals surface area (Å²) in [6, 6.07) is 10.6. The van der Waals surface area contributed by atoms with Crippen molar-refractivity contribution in [1.82, 2.24) is 9.62 Å². The molecule has 0 unspecified atom stereocenters. The molecule has 2 aliphatic rings. The lowest BCUT2D eigenvalue weighted by Crippen LogP contribution is -2.40. The van der Waals surface area contributed by atoms with Gasteiger partial charge in [0, 0.05) is 43.4 Å². The molecule has 2 amide bonds. The summed E-state index contributed by atoms with van der Waals surface area (Å²) >= 11 is 0. The number of anilines is 1. The van der Waals surface area contributed by atoms with Crippen molar-refractivity contribution in [2.45, 2.75) is 17.4 Å². The van der Waals surface area contributed by atoms with Crippen LogP contribution < -0.4 is 19.7 Å². The molecule has 10 nitrogen and oxygen atoms in total. The molecule has 1 N–H and O–H groups in total. The van der Waals surface area contributed by atoms with Crippen LogP contribution in [0, 0.1) is 0 Å². The van der Waals surface area contributed by atoms with Gasteiger partial charge in [0.05, 0.1) is 38.4 Å². The van der Waals surface area contributed by atoms with E-state index in [4.69, 9.17) is 14.2 Å². The van der Waals surface area contributed by atoms with Gasteiger partial charge in [-0.2, -0.15) is 4.31 Å². The van der Waals surface area contributed by atoms with E-state index in [2.05, 4.69) is 5.32 Å².